The smallest absolute Gasteiger partial charge is 0.429 e. The van der Waals surface area contributed by atoms with E-state index in [2.05, 4.69) is 5.32 Å². The summed E-state index contributed by atoms with van der Waals surface area (Å²) >= 11 is 0. The standard InChI is InChI=1S/C25H33N3O5/c1-20(2)26-23(29)16-10-11-17-28(25(31)33-19-22-14-8-5-9-15-22)27(3)24(30)32-18-21-12-6-4-7-13-21/h4-9,12-15,20H,10-11,16-19H2,1-3H3,(H,26,29). The molecular weight excluding hydrogens is 422 g/mol. The minimum Gasteiger partial charge on any atom is -0.443 e. The Hall–Kier alpha value is -3.55. The molecule has 0 aromatic heterocycles. The van der Waals surface area contributed by atoms with Gasteiger partial charge < -0.3 is 14.8 Å². The predicted molar refractivity (Wildman–Crippen MR) is 125 cm³/mol. The Morgan fingerprint density at radius 2 is 1.33 bits per heavy atom. The molecule has 0 heterocycles. The van der Waals surface area contributed by atoms with Crippen LogP contribution in [0.4, 0.5) is 9.59 Å². The molecule has 178 valence electrons. The highest BCUT2D eigenvalue weighted by Gasteiger charge is 2.25. The van der Waals surface area contributed by atoms with Crippen molar-refractivity contribution in [3.05, 3.63) is 71.8 Å². The first kappa shape index (κ1) is 25.7. The molecule has 2 aromatic rings. The molecule has 2 rings (SSSR count). The van der Waals surface area contributed by atoms with Crippen molar-refractivity contribution >= 4 is 18.1 Å². The van der Waals surface area contributed by atoms with E-state index in [0.717, 1.165) is 16.1 Å². The molecule has 0 atom stereocenters. The summed E-state index contributed by atoms with van der Waals surface area (Å²) in [6, 6.07) is 18.7. The maximum absolute atomic E-state index is 12.8. The van der Waals surface area contributed by atoms with Crippen molar-refractivity contribution in [1.82, 2.24) is 15.3 Å². The van der Waals surface area contributed by atoms with Gasteiger partial charge in [0.15, 0.2) is 0 Å². The van der Waals surface area contributed by atoms with Gasteiger partial charge in [0.1, 0.15) is 13.2 Å². The number of nitrogens with one attached hydrogen (secondary N) is 1. The Morgan fingerprint density at radius 1 is 0.818 bits per heavy atom. The molecule has 0 aliphatic rings. The number of hydrogen-bond acceptors (Lipinski definition) is 5. The highest BCUT2D eigenvalue weighted by Crippen LogP contribution is 2.10. The molecule has 0 fully saturated rings. The molecule has 0 radical (unpaired) electrons. The van der Waals surface area contributed by atoms with Gasteiger partial charge in [0, 0.05) is 26.1 Å². The van der Waals surface area contributed by atoms with Crippen molar-refractivity contribution in [2.45, 2.75) is 52.4 Å². The Morgan fingerprint density at radius 3 is 1.85 bits per heavy atom. The molecule has 1 N–H and O–H groups in total. The molecule has 0 saturated heterocycles. The fourth-order valence-corrected chi connectivity index (χ4v) is 3.01. The van der Waals surface area contributed by atoms with Crippen LogP contribution in [0.5, 0.6) is 0 Å². The van der Waals surface area contributed by atoms with Gasteiger partial charge in [0.05, 0.1) is 0 Å². The number of rotatable bonds is 10. The molecule has 0 aliphatic heterocycles. The van der Waals surface area contributed by atoms with Crippen LogP contribution < -0.4 is 5.32 Å². The van der Waals surface area contributed by atoms with Crippen molar-refractivity contribution in [2.75, 3.05) is 13.6 Å². The fraction of sp³-hybridized carbons (Fsp3) is 0.400. The Kier molecular flexibility index (Phi) is 10.7. The molecule has 0 unspecified atom stereocenters. The Balaban J connectivity index is 1.94. The van der Waals surface area contributed by atoms with E-state index in [1.54, 1.807) is 0 Å². The van der Waals surface area contributed by atoms with E-state index < -0.39 is 12.2 Å². The summed E-state index contributed by atoms with van der Waals surface area (Å²) in [6.07, 6.45) is 0.0846. The van der Waals surface area contributed by atoms with Crippen LogP contribution in [0.1, 0.15) is 44.2 Å². The number of hydrazine groups is 1. The first-order valence-electron chi connectivity index (χ1n) is 11.1. The van der Waals surface area contributed by atoms with Gasteiger partial charge in [0.25, 0.3) is 0 Å². The molecular formula is C25H33N3O5. The Bertz CT molecular complexity index is 874. The third-order valence-corrected chi connectivity index (χ3v) is 4.72. The summed E-state index contributed by atoms with van der Waals surface area (Å²) in [5.74, 6) is -0.0428. The van der Waals surface area contributed by atoms with Gasteiger partial charge in [-0.05, 0) is 37.8 Å². The van der Waals surface area contributed by atoms with E-state index in [1.165, 1.54) is 12.1 Å². The predicted octanol–water partition coefficient (Wildman–Crippen LogP) is 4.50. The first-order chi connectivity index (χ1) is 15.9. The van der Waals surface area contributed by atoms with Gasteiger partial charge in [0.2, 0.25) is 5.91 Å². The monoisotopic (exact) mass is 455 g/mol. The number of carbonyl (C=O) groups excluding carboxylic acids is 3. The number of amides is 3. The largest absolute Gasteiger partial charge is 0.443 e. The van der Waals surface area contributed by atoms with Crippen LogP contribution in [0.15, 0.2) is 60.7 Å². The van der Waals surface area contributed by atoms with E-state index in [9.17, 15) is 14.4 Å². The van der Waals surface area contributed by atoms with Crippen molar-refractivity contribution < 1.29 is 23.9 Å². The third kappa shape index (κ3) is 9.64. The summed E-state index contributed by atoms with van der Waals surface area (Å²) in [5, 5.41) is 5.16. The van der Waals surface area contributed by atoms with E-state index in [1.807, 2.05) is 74.5 Å². The van der Waals surface area contributed by atoms with Crippen molar-refractivity contribution in [2.24, 2.45) is 0 Å². The van der Waals surface area contributed by atoms with Crippen LogP contribution in [0.3, 0.4) is 0 Å². The minimum absolute atomic E-state index is 0.0428. The van der Waals surface area contributed by atoms with Gasteiger partial charge in [-0.3, -0.25) is 4.79 Å². The van der Waals surface area contributed by atoms with Crippen LogP contribution in [-0.4, -0.2) is 47.7 Å². The molecule has 0 aliphatic carbocycles. The number of hydrogen-bond donors (Lipinski definition) is 1. The number of ether oxygens (including phenoxy) is 2. The summed E-state index contributed by atoms with van der Waals surface area (Å²) in [7, 11) is 1.46. The molecule has 0 spiro atoms. The molecule has 8 heteroatoms. The molecule has 2 aromatic carbocycles. The van der Waals surface area contributed by atoms with Crippen LogP contribution in [0.2, 0.25) is 0 Å². The van der Waals surface area contributed by atoms with E-state index in [4.69, 9.17) is 9.47 Å². The zero-order chi connectivity index (χ0) is 24.1. The van der Waals surface area contributed by atoms with Crippen molar-refractivity contribution in [3.8, 4) is 0 Å². The van der Waals surface area contributed by atoms with Crippen LogP contribution in [0.25, 0.3) is 0 Å². The van der Waals surface area contributed by atoms with Crippen LogP contribution in [0, 0.1) is 0 Å². The second kappa shape index (κ2) is 13.8. The number of carbonyl (C=O) groups is 3. The van der Waals surface area contributed by atoms with Crippen LogP contribution >= 0.6 is 0 Å². The zero-order valence-electron chi connectivity index (χ0n) is 19.5. The first-order valence-corrected chi connectivity index (χ1v) is 11.1. The van der Waals surface area contributed by atoms with E-state index >= 15 is 0 Å². The van der Waals surface area contributed by atoms with Gasteiger partial charge >= 0.3 is 12.2 Å². The van der Waals surface area contributed by atoms with Gasteiger partial charge in [-0.25, -0.2) is 19.6 Å². The second-order valence-corrected chi connectivity index (χ2v) is 7.91. The van der Waals surface area contributed by atoms with E-state index in [0.29, 0.717) is 19.3 Å². The zero-order valence-corrected chi connectivity index (χ0v) is 19.5. The summed E-state index contributed by atoms with van der Waals surface area (Å²) in [5.41, 5.74) is 1.68. The average molecular weight is 456 g/mol. The van der Waals surface area contributed by atoms with Crippen LogP contribution in [-0.2, 0) is 27.5 Å². The normalized spacial score (nSPS) is 10.4. The summed E-state index contributed by atoms with van der Waals surface area (Å²) in [6.45, 7) is 4.18. The fourth-order valence-electron chi connectivity index (χ4n) is 3.01. The highest BCUT2D eigenvalue weighted by molar-refractivity contribution is 5.76. The summed E-state index contributed by atoms with van der Waals surface area (Å²) in [4.78, 5) is 37.2. The Labute approximate surface area is 195 Å². The average Bonchev–Trinajstić information content (AvgIpc) is 2.81. The third-order valence-electron chi connectivity index (χ3n) is 4.72. The van der Waals surface area contributed by atoms with Gasteiger partial charge in [-0.15, -0.1) is 0 Å². The molecule has 8 nitrogen and oxygen atoms in total. The number of benzene rings is 2. The minimum atomic E-state index is -0.673. The summed E-state index contributed by atoms with van der Waals surface area (Å²) < 4.78 is 10.8. The lowest BCUT2D eigenvalue weighted by atomic mass is 10.2. The maximum atomic E-state index is 12.8. The molecule has 33 heavy (non-hydrogen) atoms. The van der Waals surface area contributed by atoms with E-state index in [-0.39, 0.29) is 31.7 Å². The highest BCUT2D eigenvalue weighted by atomic mass is 16.6. The van der Waals surface area contributed by atoms with Crippen molar-refractivity contribution in [1.29, 1.82) is 0 Å². The van der Waals surface area contributed by atoms with Crippen molar-refractivity contribution in [3.63, 3.8) is 0 Å². The number of nitrogens with zero attached hydrogens (tertiary/aromatic N) is 2. The second-order valence-electron chi connectivity index (χ2n) is 7.91. The lowest BCUT2D eigenvalue weighted by Gasteiger charge is -2.30. The SMILES string of the molecule is CC(C)NC(=O)CCCCN(C(=O)OCc1ccccc1)N(C)C(=O)OCc1ccccc1. The topological polar surface area (TPSA) is 88.2 Å². The van der Waals surface area contributed by atoms with Gasteiger partial charge in [-0.1, -0.05) is 60.7 Å². The quantitative estimate of drug-likeness (QED) is 0.421. The maximum Gasteiger partial charge on any atom is 0.429 e. The molecule has 0 saturated carbocycles. The van der Waals surface area contributed by atoms with Gasteiger partial charge in [-0.2, -0.15) is 0 Å². The molecule has 0 bridgehead atoms. The lowest BCUT2D eigenvalue weighted by Crippen LogP contribution is -2.48. The molecule has 3 amide bonds. The number of unbranched alkanes of at least 4 members (excludes halogenated alkanes) is 1. The lowest BCUT2D eigenvalue weighted by molar-refractivity contribution is -0.121.